The molecule has 0 bridgehead atoms. The van der Waals surface area contributed by atoms with Gasteiger partial charge in [0.25, 0.3) is 0 Å². The minimum absolute atomic E-state index is 0. The molecule has 1 rings (SSSR count). The second-order valence-electron chi connectivity index (χ2n) is 2.62. The van der Waals surface area contributed by atoms with Gasteiger partial charge in [0.1, 0.15) is 0 Å². The maximum Gasteiger partial charge on any atom is 0.391 e. The first-order chi connectivity index (χ1) is 7.57. The van der Waals surface area contributed by atoms with Crippen molar-refractivity contribution >= 4 is 25.3 Å². The van der Waals surface area contributed by atoms with Gasteiger partial charge in [0.15, 0.2) is 0 Å². The van der Waals surface area contributed by atoms with Gasteiger partial charge in [0, 0.05) is 17.1 Å². The summed E-state index contributed by atoms with van der Waals surface area (Å²) in [6.07, 6.45) is -10.4. The van der Waals surface area contributed by atoms with Crippen molar-refractivity contribution in [3.05, 3.63) is 40.1 Å². The molecule has 1 aromatic carbocycles. The molecular weight excluding hydrogens is 342 g/mol. The van der Waals surface area contributed by atoms with E-state index >= 15 is 0 Å². The van der Waals surface area contributed by atoms with Gasteiger partial charge >= 0.3 is 12.4 Å². The maximum absolute atomic E-state index is 11.5. The van der Waals surface area contributed by atoms with E-state index < -0.39 is 22.2 Å². The first-order valence-electron chi connectivity index (χ1n) is 3.96. The summed E-state index contributed by atoms with van der Waals surface area (Å²) in [6.45, 7) is 0. The van der Waals surface area contributed by atoms with Crippen LogP contribution in [0.4, 0.5) is 26.3 Å². The fourth-order valence-electron chi connectivity index (χ4n) is 0.578. The minimum Gasteiger partial charge on any atom is -0.777 e. The third kappa shape index (κ3) is 7.86. The van der Waals surface area contributed by atoms with Gasteiger partial charge in [-0.3, -0.25) is 0 Å². The molecule has 0 atom stereocenters. The summed E-state index contributed by atoms with van der Waals surface area (Å²) >= 11 is 6.95. The van der Waals surface area contributed by atoms with Crippen LogP contribution in [0, 0.1) is 0 Å². The number of allylic oxidation sites excluding steroid dienone is 2. The van der Waals surface area contributed by atoms with Gasteiger partial charge in [0.2, 0.25) is 0 Å². The van der Waals surface area contributed by atoms with Crippen LogP contribution in [0.25, 0.3) is 0 Å². The molecule has 0 aliphatic carbocycles. The number of hydrogen-bond acceptors (Lipinski definition) is 2. The predicted molar refractivity (Wildman–Crippen MR) is 55.9 cm³/mol. The van der Waals surface area contributed by atoms with Crippen LogP contribution in [0.3, 0.4) is 0 Å². The smallest absolute Gasteiger partial charge is 0.391 e. The second kappa shape index (κ2) is 7.93. The number of hydrogen-bond donors (Lipinski definition) is 0. The molecule has 18 heavy (non-hydrogen) atoms. The van der Waals surface area contributed by atoms with Gasteiger partial charge in [-0.15, -0.1) is 9.81 Å². The summed E-state index contributed by atoms with van der Waals surface area (Å²) in [5, 5.41) is 0. The Bertz CT molecular complexity index is 313. The first-order valence-corrected chi connectivity index (χ1v) is 4.78. The Hall–Kier alpha value is -0.371. The molecule has 0 saturated heterocycles. The topological polar surface area (TPSA) is 0 Å². The van der Waals surface area contributed by atoms with E-state index in [-0.39, 0.29) is 17.1 Å². The maximum atomic E-state index is 11.5. The number of halogens is 6. The van der Waals surface area contributed by atoms with Gasteiger partial charge in [-0.2, -0.15) is 44.5 Å². The fraction of sp³-hybridized carbons (Fsp3) is 0.222. The van der Waals surface area contributed by atoms with Crippen molar-refractivity contribution in [2.45, 2.75) is 12.4 Å². The molecule has 0 aliphatic heterocycles. The third-order valence-electron chi connectivity index (χ3n) is 1.28. The van der Waals surface area contributed by atoms with Crippen LogP contribution in [0.5, 0.6) is 0 Å². The molecule has 1 aromatic rings. The van der Waals surface area contributed by atoms with Gasteiger partial charge < -0.3 is 25.3 Å². The molecule has 0 fully saturated rings. The SMILES string of the molecule is FC(F)(F)C([S-])=C([S-])C(F)(F)F.[Fe].c1cc[cH-]c1. The van der Waals surface area contributed by atoms with Crippen LogP contribution in [0.15, 0.2) is 40.1 Å². The molecule has 0 unspecified atom stereocenters. The molecule has 0 heterocycles. The molecule has 0 N–H and O–H groups in total. The van der Waals surface area contributed by atoms with Crippen molar-refractivity contribution in [1.82, 2.24) is 0 Å². The molecule has 0 aliphatic rings. The van der Waals surface area contributed by atoms with Crippen LogP contribution < -0.4 is 0 Å². The monoisotopic (exact) mass is 347 g/mol. The van der Waals surface area contributed by atoms with Crippen LogP contribution in [-0.4, -0.2) is 12.4 Å². The zero-order chi connectivity index (χ0) is 13.7. The van der Waals surface area contributed by atoms with Crippen molar-refractivity contribution in [1.29, 1.82) is 0 Å². The van der Waals surface area contributed by atoms with Crippen LogP contribution >= 0.6 is 0 Å². The molecule has 0 aromatic heterocycles. The van der Waals surface area contributed by atoms with Crippen molar-refractivity contribution < 1.29 is 43.4 Å². The Morgan fingerprint density at radius 2 is 1.06 bits per heavy atom. The van der Waals surface area contributed by atoms with Crippen molar-refractivity contribution in [3.63, 3.8) is 0 Å². The Morgan fingerprint density at radius 3 is 1.17 bits per heavy atom. The average molecular weight is 347 g/mol. The zero-order valence-corrected chi connectivity index (χ0v) is 11.1. The van der Waals surface area contributed by atoms with E-state index in [9.17, 15) is 26.3 Å². The van der Waals surface area contributed by atoms with Gasteiger partial charge in [-0.25, -0.2) is 12.1 Å². The van der Waals surface area contributed by atoms with E-state index in [4.69, 9.17) is 0 Å². The van der Waals surface area contributed by atoms with E-state index in [1.165, 1.54) is 0 Å². The zero-order valence-electron chi connectivity index (χ0n) is 8.32. The molecule has 0 saturated carbocycles. The molecule has 0 nitrogen and oxygen atoms in total. The number of rotatable bonds is 0. The molecule has 9 heteroatoms. The van der Waals surface area contributed by atoms with Crippen molar-refractivity contribution in [2.75, 3.05) is 0 Å². The predicted octanol–water partition coefficient (Wildman–Crippen LogP) is 3.82. The number of alkyl halides is 6. The van der Waals surface area contributed by atoms with Crippen LogP contribution in [0.1, 0.15) is 0 Å². The quantitative estimate of drug-likeness (QED) is 0.303. The summed E-state index contributed by atoms with van der Waals surface area (Å²) in [7, 11) is 0. The second-order valence-corrected chi connectivity index (χ2v) is 3.43. The van der Waals surface area contributed by atoms with Gasteiger partial charge in [-0.1, -0.05) is 0 Å². The third-order valence-corrected chi connectivity index (χ3v) is 2.28. The largest absolute Gasteiger partial charge is 0.777 e. The molecular formula is C9H5F6FeS2-3. The van der Waals surface area contributed by atoms with Gasteiger partial charge in [-0.05, 0) is 0 Å². The Kier molecular flexibility index (Phi) is 8.80. The average Bonchev–Trinajstić information content (AvgIpc) is 2.70. The fourth-order valence-corrected chi connectivity index (χ4v) is 0.810. The summed E-state index contributed by atoms with van der Waals surface area (Å²) in [5.74, 6) is 0. The van der Waals surface area contributed by atoms with Crippen molar-refractivity contribution in [2.24, 2.45) is 0 Å². The van der Waals surface area contributed by atoms with Crippen LogP contribution in [-0.2, 0) is 42.3 Å². The Morgan fingerprint density at radius 1 is 0.778 bits per heavy atom. The van der Waals surface area contributed by atoms with Crippen LogP contribution in [0.2, 0.25) is 0 Å². The van der Waals surface area contributed by atoms with E-state index in [0.717, 1.165) is 0 Å². The normalized spacial score (nSPS) is 12.8. The molecule has 0 spiro atoms. The molecule has 0 amide bonds. The van der Waals surface area contributed by atoms with E-state index in [1.54, 1.807) is 0 Å². The summed E-state index contributed by atoms with van der Waals surface area (Å²) in [4.78, 5) is -4.41. The summed E-state index contributed by atoms with van der Waals surface area (Å²) < 4.78 is 69.0. The molecule has 0 radical (unpaired) electrons. The Labute approximate surface area is 121 Å². The first kappa shape index (κ1) is 20.0. The summed E-state index contributed by atoms with van der Waals surface area (Å²) in [5.41, 5.74) is 0. The minimum atomic E-state index is -5.19. The van der Waals surface area contributed by atoms with E-state index in [1.807, 2.05) is 30.3 Å². The van der Waals surface area contributed by atoms with E-state index in [2.05, 4.69) is 25.3 Å². The molecule has 106 valence electrons. The standard InChI is InChI=1S/C5H5.C4H2F6S2.Fe/c1-2-4-5-3-1;5-3(6,7)1(11)2(12)4(8,9)10;/h1-5H;11-12H;/q-1;;/p-2. The van der Waals surface area contributed by atoms with E-state index in [0.29, 0.717) is 0 Å². The Balaban J connectivity index is 0. The summed E-state index contributed by atoms with van der Waals surface area (Å²) in [6, 6.07) is 10.0. The van der Waals surface area contributed by atoms with Gasteiger partial charge in [0.05, 0.1) is 0 Å². The van der Waals surface area contributed by atoms with Crippen molar-refractivity contribution in [3.8, 4) is 0 Å².